The first-order chi connectivity index (χ1) is 8.45. The SMILES string of the molecule is COc1cc(C(=O)NNC(=O)C(C)Cl)ccc1Cl. The summed E-state index contributed by atoms with van der Waals surface area (Å²) in [5.41, 5.74) is 4.72. The topological polar surface area (TPSA) is 67.4 Å². The second-order valence-corrected chi connectivity index (χ2v) is 4.47. The third-order valence-corrected chi connectivity index (χ3v) is 2.58. The van der Waals surface area contributed by atoms with Gasteiger partial charge in [0, 0.05) is 5.56 Å². The van der Waals surface area contributed by atoms with E-state index in [4.69, 9.17) is 27.9 Å². The average molecular weight is 291 g/mol. The fourth-order valence-electron chi connectivity index (χ4n) is 1.09. The van der Waals surface area contributed by atoms with Crippen LogP contribution in [-0.4, -0.2) is 24.3 Å². The molecule has 0 aliphatic rings. The normalized spacial score (nSPS) is 11.6. The predicted octanol–water partition coefficient (Wildman–Crippen LogP) is 1.74. The highest BCUT2D eigenvalue weighted by Crippen LogP contribution is 2.24. The molecule has 5 nitrogen and oxygen atoms in total. The van der Waals surface area contributed by atoms with E-state index in [0.29, 0.717) is 16.3 Å². The van der Waals surface area contributed by atoms with E-state index in [9.17, 15) is 9.59 Å². The van der Waals surface area contributed by atoms with Crippen molar-refractivity contribution in [2.24, 2.45) is 0 Å². The van der Waals surface area contributed by atoms with Gasteiger partial charge in [-0.25, -0.2) is 0 Å². The predicted molar refractivity (Wildman–Crippen MR) is 68.9 cm³/mol. The van der Waals surface area contributed by atoms with E-state index < -0.39 is 17.2 Å². The van der Waals surface area contributed by atoms with Crippen LogP contribution in [0.1, 0.15) is 17.3 Å². The van der Waals surface area contributed by atoms with Crippen molar-refractivity contribution in [2.75, 3.05) is 7.11 Å². The summed E-state index contributed by atoms with van der Waals surface area (Å²) < 4.78 is 4.98. The number of methoxy groups -OCH3 is 1. The van der Waals surface area contributed by atoms with E-state index in [-0.39, 0.29) is 0 Å². The molecule has 0 fully saturated rings. The van der Waals surface area contributed by atoms with Gasteiger partial charge in [-0.05, 0) is 25.1 Å². The first kappa shape index (κ1) is 14.6. The summed E-state index contributed by atoms with van der Waals surface area (Å²) in [4.78, 5) is 22.8. The molecule has 0 bridgehead atoms. The van der Waals surface area contributed by atoms with Crippen LogP contribution in [0.25, 0.3) is 0 Å². The zero-order chi connectivity index (χ0) is 13.7. The molecule has 0 radical (unpaired) electrons. The Hall–Kier alpha value is -1.46. The van der Waals surface area contributed by atoms with Crippen LogP contribution in [-0.2, 0) is 4.79 Å². The highest BCUT2D eigenvalue weighted by atomic mass is 35.5. The van der Waals surface area contributed by atoms with Crippen molar-refractivity contribution in [1.29, 1.82) is 0 Å². The van der Waals surface area contributed by atoms with Crippen LogP contribution < -0.4 is 15.6 Å². The van der Waals surface area contributed by atoms with Crippen molar-refractivity contribution < 1.29 is 14.3 Å². The molecule has 0 saturated heterocycles. The van der Waals surface area contributed by atoms with Crippen molar-refractivity contribution in [3.8, 4) is 5.75 Å². The van der Waals surface area contributed by atoms with Gasteiger partial charge in [0.25, 0.3) is 11.8 Å². The summed E-state index contributed by atoms with van der Waals surface area (Å²) in [7, 11) is 1.44. The Morgan fingerprint density at radius 1 is 1.33 bits per heavy atom. The summed E-state index contributed by atoms with van der Waals surface area (Å²) in [6.45, 7) is 1.49. The Morgan fingerprint density at radius 2 is 2.00 bits per heavy atom. The van der Waals surface area contributed by atoms with Crippen LogP contribution in [0.3, 0.4) is 0 Å². The number of halogens is 2. The molecule has 1 aromatic carbocycles. The molecule has 0 aromatic heterocycles. The number of ether oxygens (including phenoxy) is 1. The van der Waals surface area contributed by atoms with Crippen molar-refractivity contribution in [3.05, 3.63) is 28.8 Å². The maximum atomic E-state index is 11.7. The minimum Gasteiger partial charge on any atom is -0.495 e. The van der Waals surface area contributed by atoms with Gasteiger partial charge in [0.15, 0.2) is 0 Å². The number of nitrogens with one attached hydrogen (secondary N) is 2. The number of carbonyl (C=O) groups is 2. The number of hydrogen-bond acceptors (Lipinski definition) is 3. The lowest BCUT2D eigenvalue weighted by Gasteiger charge is -2.09. The minimum atomic E-state index is -0.731. The first-order valence-electron chi connectivity index (χ1n) is 5.03. The largest absolute Gasteiger partial charge is 0.495 e. The minimum absolute atomic E-state index is 0.304. The van der Waals surface area contributed by atoms with E-state index in [0.717, 1.165) is 0 Å². The molecule has 0 aliphatic heterocycles. The fraction of sp³-hybridized carbons (Fsp3) is 0.273. The fourth-order valence-corrected chi connectivity index (χ4v) is 1.34. The van der Waals surface area contributed by atoms with Gasteiger partial charge < -0.3 is 4.74 Å². The van der Waals surface area contributed by atoms with Crippen LogP contribution >= 0.6 is 23.2 Å². The molecule has 2 N–H and O–H groups in total. The molecule has 2 amide bonds. The number of carbonyl (C=O) groups excluding carboxylic acids is 2. The van der Waals surface area contributed by atoms with E-state index in [1.54, 1.807) is 0 Å². The maximum Gasteiger partial charge on any atom is 0.269 e. The maximum absolute atomic E-state index is 11.7. The second-order valence-electron chi connectivity index (χ2n) is 3.41. The molecular formula is C11H12Cl2N2O3. The smallest absolute Gasteiger partial charge is 0.269 e. The van der Waals surface area contributed by atoms with Gasteiger partial charge in [-0.2, -0.15) is 0 Å². The van der Waals surface area contributed by atoms with Gasteiger partial charge in [-0.3, -0.25) is 20.4 Å². The highest BCUT2D eigenvalue weighted by molar-refractivity contribution is 6.32. The second kappa shape index (κ2) is 6.47. The Morgan fingerprint density at radius 3 is 2.56 bits per heavy atom. The Kier molecular flexibility index (Phi) is 5.25. The van der Waals surface area contributed by atoms with Crippen LogP contribution in [0.15, 0.2) is 18.2 Å². The molecule has 0 heterocycles. The first-order valence-corrected chi connectivity index (χ1v) is 5.85. The number of rotatable bonds is 3. The molecule has 7 heteroatoms. The number of hydrogen-bond donors (Lipinski definition) is 2. The molecule has 18 heavy (non-hydrogen) atoms. The number of amides is 2. The van der Waals surface area contributed by atoms with E-state index in [1.165, 1.54) is 32.2 Å². The molecule has 1 rings (SSSR count). The average Bonchev–Trinajstić information content (AvgIpc) is 2.35. The quantitative estimate of drug-likeness (QED) is 0.658. The number of benzene rings is 1. The van der Waals surface area contributed by atoms with E-state index >= 15 is 0 Å². The molecule has 1 unspecified atom stereocenters. The van der Waals surface area contributed by atoms with Crippen LogP contribution in [0, 0.1) is 0 Å². The van der Waals surface area contributed by atoms with E-state index in [1.807, 2.05) is 0 Å². The zero-order valence-corrected chi connectivity index (χ0v) is 11.3. The van der Waals surface area contributed by atoms with Crippen LogP contribution in [0.2, 0.25) is 5.02 Å². The third-order valence-electron chi connectivity index (χ3n) is 2.07. The summed E-state index contributed by atoms with van der Waals surface area (Å²) in [5.74, 6) is -0.608. The van der Waals surface area contributed by atoms with Crippen molar-refractivity contribution in [1.82, 2.24) is 10.9 Å². The molecule has 0 spiro atoms. The standard InChI is InChI=1S/C11H12Cl2N2O3/c1-6(12)10(16)14-15-11(17)7-3-4-8(13)9(5-7)18-2/h3-6H,1-2H3,(H,14,16)(H,15,17). The molecular weight excluding hydrogens is 279 g/mol. The Labute approximate surface area is 114 Å². The summed E-state index contributed by atoms with van der Waals surface area (Å²) in [6.07, 6.45) is 0. The Bertz CT molecular complexity index is 464. The van der Waals surface area contributed by atoms with Crippen molar-refractivity contribution in [3.63, 3.8) is 0 Å². The lowest BCUT2D eigenvalue weighted by atomic mass is 10.2. The van der Waals surface area contributed by atoms with Crippen LogP contribution in [0.4, 0.5) is 0 Å². The molecule has 0 saturated carbocycles. The molecule has 1 atom stereocenters. The van der Waals surface area contributed by atoms with Gasteiger partial charge in [0.05, 0.1) is 12.1 Å². The van der Waals surface area contributed by atoms with Crippen molar-refractivity contribution in [2.45, 2.75) is 12.3 Å². The molecule has 98 valence electrons. The van der Waals surface area contributed by atoms with Gasteiger partial charge in [0.2, 0.25) is 0 Å². The van der Waals surface area contributed by atoms with Crippen LogP contribution in [0.5, 0.6) is 5.75 Å². The summed E-state index contributed by atoms with van der Waals surface area (Å²) >= 11 is 11.4. The Balaban J connectivity index is 2.70. The summed E-state index contributed by atoms with van der Waals surface area (Å²) in [6, 6.07) is 4.51. The van der Waals surface area contributed by atoms with Gasteiger partial charge in [0.1, 0.15) is 11.1 Å². The highest BCUT2D eigenvalue weighted by Gasteiger charge is 2.12. The van der Waals surface area contributed by atoms with E-state index in [2.05, 4.69) is 10.9 Å². The van der Waals surface area contributed by atoms with Gasteiger partial charge >= 0.3 is 0 Å². The molecule has 0 aliphatic carbocycles. The number of alkyl halides is 1. The van der Waals surface area contributed by atoms with Gasteiger partial charge in [-0.1, -0.05) is 11.6 Å². The van der Waals surface area contributed by atoms with Gasteiger partial charge in [-0.15, -0.1) is 11.6 Å². The molecule has 1 aromatic rings. The lowest BCUT2D eigenvalue weighted by molar-refractivity contribution is -0.121. The third kappa shape index (κ3) is 3.78. The monoisotopic (exact) mass is 290 g/mol. The van der Waals surface area contributed by atoms with Crippen molar-refractivity contribution >= 4 is 35.0 Å². The number of hydrazine groups is 1. The lowest BCUT2D eigenvalue weighted by Crippen LogP contribution is -2.44. The zero-order valence-electron chi connectivity index (χ0n) is 9.79. The summed E-state index contributed by atoms with van der Waals surface area (Å²) in [5, 5.41) is -0.336.